The Balaban J connectivity index is 1.33. The SMILES string of the molecule is Cc1ccc2c(N)c(C(=O)N[C@H]3COc4cc(N5CCNCC5)cc(F)c4C3)oc2n1. The molecule has 2 aliphatic heterocycles. The number of rotatable bonds is 3. The number of halogens is 1. The largest absolute Gasteiger partial charge is 0.491 e. The number of piperazine rings is 1. The molecule has 1 saturated heterocycles. The Morgan fingerprint density at radius 3 is 2.94 bits per heavy atom. The average Bonchev–Trinajstić information content (AvgIpc) is 3.10. The van der Waals surface area contributed by atoms with Gasteiger partial charge in [0.15, 0.2) is 0 Å². The van der Waals surface area contributed by atoms with Gasteiger partial charge in [-0.1, -0.05) is 0 Å². The van der Waals surface area contributed by atoms with E-state index in [1.54, 1.807) is 18.2 Å². The second kappa shape index (κ2) is 7.73. The summed E-state index contributed by atoms with van der Waals surface area (Å²) in [6.07, 6.45) is 0.326. The number of aryl methyl sites for hydroxylation is 1. The van der Waals surface area contributed by atoms with Gasteiger partial charge in [-0.15, -0.1) is 0 Å². The van der Waals surface area contributed by atoms with Crippen molar-refractivity contribution in [2.24, 2.45) is 0 Å². The number of hydrogen-bond acceptors (Lipinski definition) is 7. The molecule has 9 heteroatoms. The smallest absolute Gasteiger partial charge is 0.289 e. The average molecular weight is 425 g/mol. The van der Waals surface area contributed by atoms with Crippen LogP contribution in [0.25, 0.3) is 11.1 Å². The Labute approximate surface area is 178 Å². The minimum absolute atomic E-state index is 0.00780. The molecule has 1 amide bonds. The van der Waals surface area contributed by atoms with Crippen LogP contribution in [-0.4, -0.2) is 49.7 Å². The molecule has 31 heavy (non-hydrogen) atoms. The van der Waals surface area contributed by atoms with E-state index in [0.29, 0.717) is 28.8 Å². The normalized spacial score (nSPS) is 18.5. The van der Waals surface area contributed by atoms with Crippen LogP contribution in [0.1, 0.15) is 21.8 Å². The van der Waals surface area contributed by atoms with Crippen molar-refractivity contribution in [3.05, 3.63) is 47.1 Å². The second-order valence-corrected chi connectivity index (χ2v) is 7.98. The van der Waals surface area contributed by atoms with Gasteiger partial charge in [0.25, 0.3) is 5.91 Å². The summed E-state index contributed by atoms with van der Waals surface area (Å²) in [5, 5.41) is 6.72. The van der Waals surface area contributed by atoms with Crippen LogP contribution in [0.15, 0.2) is 28.7 Å². The number of carbonyl (C=O) groups is 1. The van der Waals surface area contributed by atoms with Gasteiger partial charge >= 0.3 is 0 Å². The lowest BCUT2D eigenvalue weighted by atomic mass is 10.0. The highest BCUT2D eigenvalue weighted by atomic mass is 19.1. The number of nitrogens with zero attached hydrogens (tertiary/aromatic N) is 2. The summed E-state index contributed by atoms with van der Waals surface area (Å²) in [5.41, 5.74) is 8.69. The number of ether oxygens (including phenoxy) is 1. The second-order valence-electron chi connectivity index (χ2n) is 7.98. The molecule has 1 atom stereocenters. The third-order valence-electron chi connectivity index (χ3n) is 5.79. The zero-order valence-corrected chi connectivity index (χ0v) is 17.2. The Bertz CT molecular complexity index is 1160. The van der Waals surface area contributed by atoms with Crippen molar-refractivity contribution in [1.82, 2.24) is 15.6 Å². The summed E-state index contributed by atoms with van der Waals surface area (Å²) >= 11 is 0. The minimum Gasteiger partial charge on any atom is -0.491 e. The van der Waals surface area contributed by atoms with Crippen LogP contribution >= 0.6 is 0 Å². The topological polar surface area (TPSA) is 106 Å². The van der Waals surface area contributed by atoms with Gasteiger partial charge in [0.1, 0.15) is 18.2 Å². The van der Waals surface area contributed by atoms with Gasteiger partial charge in [-0.2, -0.15) is 0 Å². The summed E-state index contributed by atoms with van der Waals surface area (Å²) in [6, 6.07) is 6.61. The fourth-order valence-corrected chi connectivity index (χ4v) is 4.13. The quantitative estimate of drug-likeness (QED) is 0.589. The molecule has 0 bridgehead atoms. The van der Waals surface area contributed by atoms with E-state index in [2.05, 4.69) is 20.5 Å². The van der Waals surface area contributed by atoms with Crippen molar-refractivity contribution in [3.63, 3.8) is 0 Å². The number of pyridine rings is 1. The van der Waals surface area contributed by atoms with Crippen molar-refractivity contribution in [1.29, 1.82) is 0 Å². The molecule has 0 unspecified atom stereocenters. The molecule has 8 nitrogen and oxygen atoms in total. The maximum Gasteiger partial charge on any atom is 0.289 e. The van der Waals surface area contributed by atoms with Gasteiger partial charge in [0, 0.05) is 55.6 Å². The molecular weight excluding hydrogens is 401 g/mol. The molecule has 0 saturated carbocycles. The summed E-state index contributed by atoms with van der Waals surface area (Å²) in [5.74, 6) is -0.258. The van der Waals surface area contributed by atoms with Crippen LogP contribution in [0.3, 0.4) is 0 Å². The minimum atomic E-state index is -0.469. The maximum atomic E-state index is 14.9. The molecule has 2 aromatic heterocycles. The van der Waals surface area contributed by atoms with E-state index in [1.807, 2.05) is 13.0 Å². The van der Waals surface area contributed by atoms with Crippen LogP contribution in [0, 0.1) is 12.7 Å². The predicted octanol–water partition coefficient (Wildman–Crippen LogP) is 2.00. The van der Waals surface area contributed by atoms with Crippen LogP contribution in [-0.2, 0) is 6.42 Å². The monoisotopic (exact) mass is 425 g/mol. The fraction of sp³-hybridized carbons (Fsp3) is 0.364. The number of nitrogens with one attached hydrogen (secondary N) is 2. The number of nitrogen functional groups attached to an aromatic ring is 1. The summed E-state index contributed by atoms with van der Waals surface area (Å²) in [6.45, 7) is 5.45. The van der Waals surface area contributed by atoms with Gasteiger partial charge < -0.3 is 30.4 Å². The molecule has 1 aromatic carbocycles. The molecule has 162 valence electrons. The van der Waals surface area contributed by atoms with Crippen molar-refractivity contribution < 1.29 is 18.3 Å². The molecule has 4 heterocycles. The van der Waals surface area contributed by atoms with E-state index in [0.717, 1.165) is 37.6 Å². The fourth-order valence-electron chi connectivity index (χ4n) is 4.13. The predicted molar refractivity (Wildman–Crippen MR) is 115 cm³/mol. The number of benzene rings is 1. The van der Waals surface area contributed by atoms with E-state index in [1.165, 1.54) is 0 Å². The molecular formula is C22H24FN5O3. The van der Waals surface area contributed by atoms with Crippen molar-refractivity contribution >= 4 is 28.4 Å². The Morgan fingerprint density at radius 2 is 2.13 bits per heavy atom. The van der Waals surface area contributed by atoms with Crippen molar-refractivity contribution in [2.75, 3.05) is 43.4 Å². The molecule has 3 aromatic rings. The van der Waals surface area contributed by atoms with Crippen molar-refractivity contribution in [2.45, 2.75) is 19.4 Å². The maximum absolute atomic E-state index is 14.9. The van der Waals surface area contributed by atoms with E-state index < -0.39 is 11.9 Å². The zero-order chi connectivity index (χ0) is 21.5. The standard InChI is InChI=1S/C22H24FN5O3/c1-12-2-3-15-19(24)20(31-22(15)26-12)21(29)27-13-8-16-17(23)9-14(10-18(16)30-11-13)28-6-4-25-5-7-28/h2-3,9-10,13,25H,4-8,11,24H2,1H3,(H,27,29)/t13-/m1/s1. The van der Waals surface area contributed by atoms with E-state index in [9.17, 15) is 9.18 Å². The summed E-state index contributed by atoms with van der Waals surface area (Å²) < 4.78 is 26.3. The molecule has 5 rings (SSSR count). The lowest BCUT2D eigenvalue weighted by Gasteiger charge is -2.32. The number of furan rings is 1. The molecule has 4 N–H and O–H groups in total. The molecule has 1 fully saturated rings. The van der Waals surface area contributed by atoms with Gasteiger partial charge in [-0.25, -0.2) is 9.37 Å². The van der Waals surface area contributed by atoms with Gasteiger partial charge in [-0.3, -0.25) is 4.79 Å². The lowest BCUT2D eigenvalue weighted by Crippen LogP contribution is -2.44. The third kappa shape index (κ3) is 3.65. The molecule has 0 spiro atoms. The summed E-state index contributed by atoms with van der Waals surface area (Å²) in [7, 11) is 0. The molecule has 0 radical (unpaired) electrons. The Kier molecular flexibility index (Phi) is 4.90. The Hall–Kier alpha value is -3.33. The lowest BCUT2D eigenvalue weighted by molar-refractivity contribution is 0.0889. The van der Waals surface area contributed by atoms with Crippen LogP contribution in [0.5, 0.6) is 5.75 Å². The summed E-state index contributed by atoms with van der Waals surface area (Å²) in [4.78, 5) is 19.2. The zero-order valence-electron chi connectivity index (χ0n) is 17.2. The number of anilines is 2. The van der Waals surface area contributed by atoms with Gasteiger partial charge in [0.2, 0.25) is 11.5 Å². The first-order chi connectivity index (χ1) is 15.0. The molecule has 2 aliphatic rings. The van der Waals surface area contributed by atoms with Crippen LogP contribution in [0.2, 0.25) is 0 Å². The highest BCUT2D eigenvalue weighted by Gasteiger charge is 2.28. The number of hydrogen-bond donors (Lipinski definition) is 3. The number of aromatic nitrogens is 1. The van der Waals surface area contributed by atoms with Crippen molar-refractivity contribution in [3.8, 4) is 5.75 Å². The van der Waals surface area contributed by atoms with Crippen LogP contribution in [0.4, 0.5) is 15.8 Å². The van der Waals surface area contributed by atoms with E-state index >= 15 is 0 Å². The highest BCUT2D eigenvalue weighted by molar-refractivity contribution is 6.04. The first-order valence-corrected chi connectivity index (χ1v) is 10.4. The van der Waals surface area contributed by atoms with Crippen LogP contribution < -0.4 is 26.0 Å². The van der Waals surface area contributed by atoms with Gasteiger partial charge in [0.05, 0.1) is 17.1 Å². The van der Waals surface area contributed by atoms with E-state index in [-0.39, 0.29) is 23.9 Å². The van der Waals surface area contributed by atoms with Gasteiger partial charge in [-0.05, 0) is 25.1 Å². The molecule has 0 aliphatic carbocycles. The third-order valence-corrected chi connectivity index (χ3v) is 5.79. The number of nitrogens with two attached hydrogens (primary N) is 1. The highest BCUT2D eigenvalue weighted by Crippen LogP contribution is 2.33. The van der Waals surface area contributed by atoms with E-state index in [4.69, 9.17) is 14.9 Å². The first kappa shape index (κ1) is 19.6. The number of fused-ring (bicyclic) bond motifs is 2. The first-order valence-electron chi connectivity index (χ1n) is 10.4. The number of amides is 1. The Morgan fingerprint density at radius 1 is 1.32 bits per heavy atom. The number of carbonyl (C=O) groups excluding carboxylic acids is 1.